The molecule has 0 bridgehead atoms. The van der Waals surface area contributed by atoms with Crippen molar-refractivity contribution < 1.29 is 0 Å². The van der Waals surface area contributed by atoms with Gasteiger partial charge in [0, 0.05) is 17.0 Å². The largest absolute Gasteiger partial charge is 0.354 e. The SMILES string of the molecule is CCc1nc(=O)n(-c2ccccc2Cl)c2nc(C3CC3)ccc12. The number of aromatic nitrogens is 3. The Labute approximate surface area is 138 Å². The van der Waals surface area contributed by atoms with Gasteiger partial charge in [-0.25, -0.2) is 14.3 Å². The summed E-state index contributed by atoms with van der Waals surface area (Å²) in [5, 5.41) is 1.43. The maximum atomic E-state index is 12.6. The van der Waals surface area contributed by atoms with Crippen molar-refractivity contribution in [1.29, 1.82) is 0 Å². The zero-order valence-corrected chi connectivity index (χ0v) is 13.5. The molecule has 0 spiro atoms. The highest BCUT2D eigenvalue weighted by atomic mass is 35.5. The van der Waals surface area contributed by atoms with Crippen LogP contribution in [-0.2, 0) is 6.42 Å². The molecule has 0 amide bonds. The summed E-state index contributed by atoms with van der Waals surface area (Å²) in [6.07, 6.45) is 3.03. The topological polar surface area (TPSA) is 47.8 Å². The lowest BCUT2D eigenvalue weighted by atomic mass is 10.1. The van der Waals surface area contributed by atoms with Crippen molar-refractivity contribution in [3.8, 4) is 5.69 Å². The fourth-order valence-corrected chi connectivity index (χ4v) is 3.12. The number of hydrogen-bond donors (Lipinski definition) is 0. The first kappa shape index (κ1) is 14.4. The molecule has 0 atom stereocenters. The second-order valence-electron chi connectivity index (χ2n) is 5.86. The molecule has 1 saturated carbocycles. The predicted molar refractivity (Wildman–Crippen MR) is 91.5 cm³/mol. The summed E-state index contributed by atoms with van der Waals surface area (Å²) >= 11 is 6.30. The quantitative estimate of drug-likeness (QED) is 0.734. The van der Waals surface area contributed by atoms with E-state index in [4.69, 9.17) is 16.6 Å². The van der Waals surface area contributed by atoms with E-state index in [9.17, 15) is 4.79 Å². The van der Waals surface area contributed by atoms with E-state index in [-0.39, 0.29) is 5.69 Å². The van der Waals surface area contributed by atoms with E-state index in [1.54, 1.807) is 6.07 Å². The Hall–Kier alpha value is -2.20. The van der Waals surface area contributed by atoms with Gasteiger partial charge in [-0.05, 0) is 43.5 Å². The van der Waals surface area contributed by atoms with Gasteiger partial charge in [-0.15, -0.1) is 0 Å². The van der Waals surface area contributed by atoms with Crippen LogP contribution < -0.4 is 5.69 Å². The van der Waals surface area contributed by atoms with Crippen LogP contribution in [0.1, 0.15) is 37.1 Å². The monoisotopic (exact) mass is 325 g/mol. The molecule has 2 aromatic heterocycles. The molecular weight excluding hydrogens is 310 g/mol. The zero-order chi connectivity index (χ0) is 16.0. The number of para-hydroxylation sites is 1. The molecule has 0 saturated heterocycles. The zero-order valence-electron chi connectivity index (χ0n) is 12.8. The van der Waals surface area contributed by atoms with Crippen molar-refractivity contribution in [1.82, 2.24) is 14.5 Å². The van der Waals surface area contributed by atoms with E-state index in [1.165, 1.54) is 17.4 Å². The van der Waals surface area contributed by atoms with E-state index < -0.39 is 0 Å². The minimum atomic E-state index is -0.331. The highest BCUT2D eigenvalue weighted by Gasteiger charge is 2.26. The van der Waals surface area contributed by atoms with Crippen LogP contribution in [0.2, 0.25) is 5.02 Å². The number of hydrogen-bond acceptors (Lipinski definition) is 3. The van der Waals surface area contributed by atoms with Crippen molar-refractivity contribution in [3.05, 3.63) is 63.3 Å². The van der Waals surface area contributed by atoms with Crippen molar-refractivity contribution in [2.45, 2.75) is 32.1 Å². The molecule has 0 aliphatic heterocycles. The highest BCUT2D eigenvalue weighted by Crippen LogP contribution is 2.39. The van der Waals surface area contributed by atoms with Crippen LogP contribution in [0.3, 0.4) is 0 Å². The standard InChI is InChI=1S/C18H16ClN3O/c1-2-14-12-9-10-15(11-7-8-11)20-17(12)22(18(23)21-14)16-6-4-3-5-13(16)19/h3-6,9-11H,2,7-8H2,1H3. The van der Waals surface area contributed by atoms with Gasteiger partial charge in [0.15, 0.2) is 5.65 Å². The summed E-state index contributed by atoms with van der Waals surface area (Å²) in [7, 11) is 0. The van der Waals surface area contributed by atoms with Crippen LogP contribution in [0, 0.1) is 0 Å². The van der Waals surface area contributed by atoms with Gasteiger partial charge in [-0.2, -0.15) is 4.98 Å². The Morgan fingerprint density at radius 3 is 2.65 bits per heavy atom. The average molecular weight is 326 g/mol. The fourth-order valence-electron chi connectivity index (χ4n) is 2.90. The van der Waals surface area contributed by atoms with E-state index in [1.807, 2.05) is 31.2 Å². The Morgan fingerprint density at radius 2 is 1.96 bits per heavy atom. The van der Waals surface area contributed by atoms with Gasteiger partial charge >= 0.3 is 5.69 Å². The van der Waals surface area contributed by atoms with E-state index >= 15 is 0 Å². The maximum absolute atomic E-state index is 12.6. The molecule has 23 heavy (non-hydrogen) atoms. The lowest BCUT2D eigenvalue weighted by Gasteiger charge is -2.13. The predicted octanol–water partition coefficient (Wildman–Crippen LogP) is 3.87. The van der Waals surface area contributed by atoms with Gasteiger partial charge < -0.3 is 0 Å². The normalized spacial score (nSPS) is 14.3. The van der Waals surface area contributed by atoms with Gasteiger partial charge in [0.25, 0.3) is 0 Å². The molecule has 1 aliphatic carbocycles. The first-order valence-corrected chi connectivity index (χ1v) is 8.24. The molecule has 4 rings (SSSR count). The van der Waals surface area contributed by atoms with Crippen molar-refractivity contribution >= 4 is 22.6 Å². The summed E-state index contributed by atoms with van der Waals surface area (Å²) in [6, 6.07) is 11.4. The molecule has 2 heterocycles. The summed E-state index contributed by atoms with van der Waals surface area (Å²) in [6.45, 7) is 2.00. The average Bonchev–Trinajstić information content (AvgIpc) is 3.40. The van der Waals surface area contributed by atoms with Gasteiger partial charge in [0.05, 0.1) is 16.4 Å². The molecule has 3 aromatic rings. The first-order valence-electron chi connectivity index (χ1n) is 7.86. The molecule has 116 valence electrons. The van der Waals surface area contributed by atoms with E-state index in [2.05, 4.69) is 11.1 Å². The molecule has 0 radical (unpaired) electrons. The molecule has 4 nitrogen and oxygen atoms in total. The van der Waals surface area contributed by atoms with Gasteiger partial charge in [0.2, 0.25) is 0 Å². The Kier molecular flexibility index (Phi) is 3.42. The van der Waals surface area contributed by atoms with E-state index in [0.29, 0.717) is 28.7 Å². The highest BCUT2D eigenvalue weighted by molar-refractivity contribution is 6.32. The molecule has 1 fully saturated rings. The van der Waals surface area contributed by atoms with Crippen LogP contribution in [0.4, 0.5) is 0 Å². The lowest BCUT2D eigenvalue weighted by Crippen LogP contribution is -2.24. The number of nitrogens with zero attached hydrogens (tertiary/aromatic N) is 3. The van der Waals surface area contributed by atoms with Crippen molar-refractivity contribution in [2.75, 3.05) is 0 Å². The summed E-state index contributed by atoms with van der Waals surface area (Å²) in [5.74, 6) is 0.521. The van der Waals surface area contributed by atoms with Crippen molar-refractivity contribution in [2.24, 2.45) is 0 Å². The van der Waals surface area contributed by atoms with Crippen LogP contribution in [0.25, 0.3) is 16.7 Å². The number of halogens is 1. The van der Waals surface area contributed by atoms with Gasteiger partial charge in [-0.3, -0.25) is 0 Å². The van der Waals surface area contributed by atoms with Crippen LogP contribution in [-0.4, -0.2) is 14.5 Å². The number of rotatable bonds is 3. The number of benzene rings is 1. The van der Waals surface area contributed by atoms with E-state index in [0.717, 1.165) is 16.8 Å². The fraction of sp³-hybridized carbons (Fsp3) is 0.278. The number of pyridine rings is 1. The Balaban J connectivity index is 2.09. The maximum Gasteiger partial charge on any atom is 0.354 e. The first-order chi connectivity index (χ1) is 11.2. The molecular formula is C18H16ClN3O. The minimum absolute atomic E-state index is 0.331. The summed E-state index contributed by atoms with van der Waals surface area (Å²) in [5.41, 5.74) is 2.77. The third kappa shape index (κ3) is 2.43. The third-order valence-corrected chi connectivity index (χ3v) is 4.58. The van der Waals surface area contributed by atoms with Gasteiger partial charge in [0.1, 0.15) is 0 Å². The van der Waals surface area contributed by atoms with Crippen LogP contribution in [0.5, 0.6) is 0 Å². The second kappa shape index (κ2) is 5.46. The molecule has 0 N–H and O–H groups in total. The molecule has 5 heteroatoms. The van der Waals surface area contributed by atoms with Crippen LogP contribution in [0.15, 0.2) is 41.2 Å². The molecule has 0 unspecified atom stereocenters. The Morgan fingerprint density at radius 1 is 1.17 bits per heavy atom. The summed E-state index contributed by atoms with van der Waals surface area (Å²) < 4.78 is 1.53. The lowest BCUT2D eigenvalue weighted by molar-refractivity contribution is 0.887. The second-order valence-corrected chi connectivity index (χ2v) is 6.27. The number of fused-ring (bicyclic) bond motifs is 1. The minimum Gasteiger partial charge on any atom is -0.245 e. The molecule has 1 aliphatic rings. The van der Waals surface area contributed by atoms with Crippen LogP contribution >= 0.6 is 11.6 Å². The molecule has 1 aromatic carbocycles. The Bertz CT molecular complexity index is 960. The van der Waals surface area contributed by atoms with Crippen molar-refractivity contribution in [3.63, 3.8) is 0 Å². The van der Waals surface area contributed by atoms with Gasteiger partial charge in [-0.1, -0.05) is 30.7 Å². The smallest absolute Gasteiger partial charge is 0.245 e. The number of aryl methyl sites for hydroxylation is 1. The summed E-state index contributed by atoms with van der Waals surface area (Å²) in [4.78, 5) is 21.6. The third-order valence-electron chi connectivity index (χ3n) is 4.27.